The summed E-state index contributed by atoms with van der Waals surface area (Å²) in [5.41, 5.74) is 35.0. The summed E-state index contributed by atoms with van der Waals surface area (Å²) >= 11 is 0. The number of hydrogen-bond donors (Lipinski definition) is 0. The molecule has 18 rings (SSSR count). The van der Waals surface area contributed by atoms with E-state index in [0.29, 0.717) is 5.92 Å². The first-order valence-electron chi connectivity index (χ1n) is 18.2. The molecule has 3 fully saturated rings. The van der Waals surface area contributed by atoms with Crippen LogP contribution in [-0.2, 0) is 0 Å². The lowest BCUT2D eigenvalue weighted by Gasteiger charge is -2.37. The molecule has 0 spiro atoms. The van der Waals surface area contributed by atoms with Crippen LogP contribution in [0.1, 0.15) is 129 Å². The third kappa shape index (κ3) is 1.27. The Hall–Kier alpha value is -3.12. The van der Waals surface area contributed by atoms with Crippen LogP contribution in [-0.4, -0.2) is 0 Å². The van der Waals surface area contributed by atoms with E-state index in [9.17, 15) is 0 Å². The molecule has 0 aromatic heterocycles. The number of benzene rings is 3. The molecule has 43 heavy (non-hydrogen) atoms. The maximum atomic E-state index is 2.59. The molecule has 0 radical (unpaired) electrons. The normalized spacial score (nSPS) is 50.4. The van der Waals surface area contributed by atoms with E-state index in [1.54, 1.807) is 11.1 Å². The molecule has 8 bridgehead atoms. The molecule has 3 aromatic rings. The topological polar surface area (TPSA) is 0 Å². The lowest BCUT2D eigenvalue weighted by molar-refractivity contribution is 0.366. The van der Waals surface area contributed by atoms with Gasteiger partial charge in [-0.15, -0.1) is 0 Å². The van der Waals surface area contributed by atoms with Crippen molar-refractivity contribution in [3.63, 3.8) is 0 Å². The van der Waals surface area contributed by atoms with Crippen molar-refractivity contribution in [3.05, 3.63) is 108 Å². The quantitative estimate of drug-likeness (QED) is 0.248. The summed E-state index contributed by atoms with van der Waals surface area (Å²) in [5.74, 6) is 11.4. The van der Waals surface area contributed by atoms with Crippen molar-refractivity contribution in [1.29, 1.82) is 0 Å². The summed E-state index contributed by atoms with van der Waals surface area (Å²) in [4.78, 5) is 0. The summed E-state index contributed by atoms with van der Waals surface area (Å²) in [6.07, 6.45) is 7.39. The van der Waals surface area contributed by atoms with Gasteiger partial charge >= 0.3 is 0 Å². The van der Waals surface area contributed by atoms with Gasteiger partial charge in [-0.1, -0.05) is 41.0 Å². The molecular weight excluding hydrogens is 516 g/mol. The minimum absolute atomic E-state index is 0.702. The molecule has 0 heterocycles. The Morgan fingerprint density at radius 1 is 0.488 bits per heavy atom. The Bertz CT molecular complexity index is 2450. The summed E-state index contributed by atoms with van der Waals surface area (Å²) in [7, 11) is 0. The van der Waals surface area contributed by atoms with Crippen molar-refractivity contribution >= 4 is 27.5 Å². The largest absolute Gasteiger partial charge is 0.0620 e. The predicted molar refractivity (Wildman–Crippen MR) is 165 cm³/mol. The van der Waals surface area contributed by atoms with Gasteiger partial charge in [-0.25, -0.2) is 0 Å². The summed E-state index contributed by atoms with van der Waals surface area (Å²) < 4.78 is 0. The highest BCUT2D eigenvalue weighted by molar-refractivity contribution is 6.31. The number of rotatable bonds is 0. The molecule has 0 amide bonds. The highest BCUT2D eigenvalue weighted by Crippen LogP contribution is 2.87. The van der Waals surface area contributed by atoms with E-state index in [4.69, 9.17) is 0 Å². The van der Waals surface area contributed by atoms with E-state index in [1.165, 1.54) is 32.1 Å². The predicted octanol–water partition coefficient (Wildman–Crippen LogP) is 9.15. The number of hydrogen-bond acceptors (Lipinski definition) is 0. The molecule has 0 aliphatic heterocycles. The van der Waals surface area contributed by atoms with Gasteiger partial charge in [0.2, 0.25) is 0 Å². The lowest BCUT2D eigenvalue weighted by Crippen LogP contribution is -2.24. The van der Waals surface area contributed by atoms with Gasteiger partial charge in [-0.05, 0) is 186 Å². The molecule has 200 valence electrons. The lowest BCUT2D eigenvalue weighted by atomic mass is 9.66. The Balaban J connectivity index is 1.19. The van der Waals surface area contributed by atoms with E-state index >= 15 is 0 Å². The fourth-order valence-electron chi connectivity index (χ4n) is 18.4. The van der Waals surface area contributed by atoms with Gasteiger partial charge in [0.15, 0.2) is 0 Å². The third-order valence-electron chi connectivity index (χ3n) is 18.3. The first-order valence-corrected chi connectivity index (χ1v) is 18.2. The van der Waals surface area contributed by atoms with Gasteiger partial charge in [0.05, 0.1) is 0 Å². The van der Waals surface area contributed by atoms with E-state index in [2.05, 4.69) is 35.4 Å². The van der Waals surface area contributed by atoms with Crippen LogP contribution in [0.25, 0.3) is 27.5 Å². The van der Waals surface area contributed by atoms with E-state index in [0.717, 1.165) is 76.9 Å². The molecule has 0 saturated heterocycles. The maximum Gasteiger partial charge on any atom is 0.0139 e. The van der Waals surface area contributed by atoms with Crippen molar-refractivity contribution in [3.8, 4) is 0 Å². The minimum Gasteiger partial charge on any atom is -0.0620 e. The zero-order valence-electron chi connectivity index (χ0n) is 23.9. The highest BCUT2D eigenvalue weighted by Gasteiger charge is 2.73. The monoisotopic (exact) mass is 544 g/mol. The molecule has 0 nitrogen and oxygen atoms in total. The van der Waals surface area contributed by atoms with Crippen molar-refractivity contribution in [1.82, 2.24) is 0 Å². The maximum absolute atomic E-state index is 2.59. The standard InChI is InChI=1S/C43H28/c1-2-4-11-10(3-1)12-5-13(11)23-31-21-9-19-17-7-15-14-6-16-18-8-20-30(31)22(12)37-32(20)28(18)35-26(16)24(14)34-25(15)27(17)36-29(19)33(21)38(23)43-41(36)39(34)40(35)42(37)43/h1-4,12-18,20-23,28,32-33H,5-9H2. The molecule has 3 saturated carbocycles. The van der Waals surface area contributed by atoms with Gasteiger partial charge in [-0.2, -0.15) is 0 Å². The molecular formula is C43H28. The highest BCUT2D eigenvalue weighted by atomic mass is 14.8. The van der Waals surface area contributed by atoms with Crippen LogP contribution in [0.4, 0.5) is 0 Å². The summed E-state index contributed by atoms with van der Waals surface area (Å²) in [5, 5.41) is 3.76. The van der Waals surface area contributed by atoms with Gasteiger partial charge in [0.1, 0.15) is 0 Å². The molecule has 15 aliphatic carbocycles. The molecule has 15 aliphatic rings. The van der Waals surface area contributed by atoms with Gasteiger partial charge < -0.3 is 0 Å². The zero-order chi connectivity index (χ0) is 26.0. The summed E-state index contributed by atoms with van der Waals surface area (Å²) in [6, 6.07) is 9.96. The van der Waals surface area contributed by atoms with Crippen LogP contribution in [0.2, 0.25) is 0 Å². The van der Waals surface area contributed by atoms with Crippen molar-refractivity contribution in [2.45, 2.75) is 73.5 Å². The summed E-state index contributed by atoms with van der Waals surface area (Å²) in [6.45, 7) is 0. The third-order valence-corrected chi connectivity index (χ3v) is 18.3. The second-order valence-electron chi connectivity index (χ2n) is 18.2. The molecule has 0 N–H and O–H groups in total. The van der Waals surface area contributed by atoms with Crippen molar-refractivity contribution in [2.24, 2.45) is 41.4 Å². The molecule has 0 heteroatoms. The van der Waals surface area contributed by atoms with Gasteiger partial charge in [0, 0.05) is 23.7 Å². The fourth-order valence-corrected chi connectivity index (χ4v) is 18.4. The number of fused-ring (bicyclic) bond motifs is 3. The molecule has 14 atom stereocenters. The van der Waals surface area contributed by atoms with Crippen molar-refractivity contribution in [2.75, 3.05) is 0 Å². The minimum atomic E-state index is 0.702. The van der Waals surface area contributed by atoms with Gasteiger partial charge in [-0.3, -0.25) is 0 Å². The van der Waals surface area contributed by atoms with Crippen LogP contribution >= 0.6 is 0 Å². The Labute approximate surface area is 249 Å². The molecule has 3 aromatic carbocycles. The van der Waals surface area contributed by atoms with E-state index in [-0.39, 0.29) is 0 Å². The average molecular weight is 545 g/mol. The van der Waals surface area contributed by atoms with Crippen LogP contribution in [0.15, 0.2) is 52.1 Å². The van der Waals surface area contributed by atoms with E-state index < -0.39 is 0 Å². The SMILES string of the molecule is c1ccc2c(c1)C1CC2C2C3=C4C5CC6=C7c8c9c%10c%11c%12c%13c%14c%15c%11c8C(=C(C75)C41)C%15=C2C1C3CC(C%13CC%12C%10CC69)C%141. The number of allylic oxidation sites excluding steroid dienone is 8. The smallest absolute Gasteiger partial charge is 0.0139 e. The zero-order valence-corrected chi connectivity index (χ0v) is 23.9. The first kappa shape index (κ1) is 18.6. The van der Waals surface area contributed by atoms with Crippen LogP contribution in [0.3, 0.4) is 0 Å². The molecule has 14 unspecified atom stereocenters. The fraction of sp³-hybridized carbons (Fsp3) is 0.442. The first-order chi connectivity index (χ1) is 21.4. The second-order valence-corrected chi connectivity index (χ2v) is 18.2. The Kier molecular flexibility index (Phi) is 2.08. The second kappa shape index (κ2) is 4.79. The van der Waals surface area contributed by atoms with E-state index in [1.807, 2.05) is 88.7 Å². The van der Waals surface area contributed by atoms with Crippen molar-refractivity contribution < 1.29 is 0 Å². The van der Waals surface area contributed by atoms with Crippen LogP contribution < -0.4 is 0 Å². The Morgan fingerprint density at radius 3 is 2.16 bits per heavy atom. The average Bonchev–Trinajstić information content (AvgIpc) is 3.83. The van der Waals surface area contributed by atoms with Crippen LogP contribution in [0.5, 0.6) is 0 Å². The Morgan fingerprint density at radius 2 is 1.26 bits per heavy atom. The van der Waals surface area contributed by atoms with Gasteiger partial charge in [0.25, 0.3) is 0 Å². The van der Waals surface area contributed by atoms with Crippen LogP contribution in [0, 0.1) is 41.4 Å².